The fraction of sp³-hybridized carbons (Fsp3) is 0.400. The van der Waals surface area contributed by atoms with Crippen LogP contribution in [0.5, 0.6) is 0 Å². The van der Waals surface area contributed by atoms with Gasteiger partial charge < -0.3 is 5.73 Å². The molecule has 0 spiro atoms. The smallest absolute Gasteiger partial charge is 0.397 e. The molecule has 3 nitrogen and oxygen atoms in total. The van der Waals surface area contributed by atoms with Gasteiger partial charge in [0.2, 0.25) is 0 Å². The molecule has 76 valence electrons. The summed E-state index contributed by atoms with van der Waals surface area (Å²) in [6.45, 7) is 5.70. The van der Waals surface area contributed by atoms with Crippen LogP contribution in [0, 0.1) is 0 Å². The van der Waals surface area contributed by atoms with Crippen molar-refractivity contribution < 1.29 is 4.57 Å². The first kappa shape index (κ1) is 11.0. The van der Waals surface area contributed by atoms with Crippen LogP contribution < -0.4 is 10.4 Å². The molecule has 0 saturated carbocycles. The average molecular weight is 211 g/mol. The maximum atomic E-state index is 11.6. The summed E-state index contributed by atoms with van der Waals surface area (Å²) in [7, 11) is -1.39. The van der Waals surface area contributed by atoms with Gasteiger partial charge in [0.25, 0.3) is 0 Å². The van der Waals surface area contributed by atoms with Crippen LogP contribution in [-0.4, -0.2) is 12.7 Å². The SMILES string of the molecule is CC(C)N(c1ccccc1N)[P+](C)=O. The maximum Gasteiger partial charge on any atom is 0.459 e. The van der Waals surface area contributed by atoms with Gasteiger partial charge in [0.15, 0.2) is 6.66 Å². The zero-order chi connectivity index (χ0) is 10.7. The minimum Gasteiger partial charge on any atom is -0.397 e. The highest BCUT2D eigenvalue weighted by molar-refractivity contribution is 7.45. The Balaban J connectivity index is 3.12. The number of para-hydroxylation sites is 2. The Kier molecular flexibility index (Phi) is 3.48. The van der Waals surface area contributed by atoms with Gasteiger partial charge in [-0.1, -0.05) is 12.1 Å². The maximum absolute atomic E-state index is 11.6. The van der Waals surface area contributed by atoms with Crippen LogP contribution in [0.1, 0.15) is 13.8 Å². The molecule has 0 heterocycles. The molecular formula is C10H16N2OP+. The topological polar surface area (TPSA) is 46.3 Å². The lowest BCUT2D eigenvalue weighted by atomic mass is 10.2. The number of nitrogens with zero attached hydrogens (tertiary/aromatic N) is 1. The van der Waals surface area contributed by atoms with Gasteiger partial charge in [0, 0.05) is 0 Å². The van der Waals surface area contributed by atoms with Gasteiger partial charge in [-0.3, -0.25) is 0 Å². The molecule has 0 saturated heterocycles. The first-order chi connectivity index (χ1) is 6.54. The van der Waals surface area contributed by atoms with E-state index >= 15 is 0 Å². The van der Waals surface area contributed by atoms with Crippen molar-refractivity contribution in [3.05, 3.63) is 24.3 Å². The van der Waals surface area contributed by atoms with Gasteiger partial charge in [0.05, 0.1) is 11.7 Å². The summed E-state index contributed by atoms with van der Waals surface area (Å²) < 4.78 is 13.4. The lowest BCUT2D eigenvalue weighted by Crippen LogP contribution is -2.23. The molecule has 0 radical (unpaired) electrons. The van der Waals surface area contributed by atoms with Crippen LogP contribution in [-0.2, 0) is 4.57 Å². The third kappa shape index (κ3) is 2.24. The number of hydrogen-bond acceptors (Lipinski definition) is 2. The second-order valence-corrected chi connectivity index (χ2v) is 4.82. The standard InChI is InChI=1S/C10H16N2OP/c1-8(2)12(14(3)13)10-7-5-4-6-9(10)11/h4-8H,11H2,1-3H3/q+1. The predicted molar refractivity (Wildman–Crippen MR) is 62.0 cm³/mol. The Hall–Kier alpha value is -1.08. The summed E-state index contributed by atoms with van der Waals surface area (Å²) >= 11 is 0. The van der Waals surface area contributed by atoms with Crippen LogP contribution in [0.2, 0.25) is 0 Å². The normalized spacial score (nSPS) is 11.6. The highest BCUT2D eigenvalue weighted by atomic mass is 31.1. The highest BCUT2D eigenvalue weighted by Gasteiger charge is 2.26. The Labute approximate surface area is 85.8 Å². The van der Waals surface area contributed by atoms with Gasteiger partial charge in [-0.05, 0) is 30.5 Å². The average Bonchev–Trinajstić information content (AvgIpc) is 2.07. The molecule has 0 aliphatic rings. The molecule has 1 unspecified atom stereocenters. The molecule has 14 heavy (non-hydrogen) atoms. The predicted octanol–water partition coefficient (Wildman–Crippen LogP) is 2.86. The molecule has 0 aliphatic carbocycles. The molecule has 0 fully saturated rings. The zero-order valence-corrected chi connectivity index (χ0v) is 9.66. The van der Waals surface area contributed by atoms with Crippen molar-refractivity contribution in [1.82, 2.24) is 0 Å². The van der Waals surface area contributed by atoms with E-state index in [0.29, 0.717) is 5.69 Å². The van der Waals surface area contributed by atoms with E-state index in [4.69, 9.17) is 5.73 Å². The third-order valence-electron chi connectivity index (χ3n) is 1.98. The van der Waals surface area contributed by atoms with Gasteiger partial charge in [-0.15, -0.1) is 0 Å². The molecule has 1 aromatic rings. The van der Waals surface area contributed by atoms with Crippen LogP contribution in [0.15, 0.2) is 24.3 Å². The molecule has 1 atom stereocenters. The van der Waals surface area contributed by atoms with Crippen LogP contribution in [0.4, 0.5) is 11.4 Å². The summed E-state index contributed by atoms with van der Waals surface area (Å²) in [4.78, 5) is 0. The van der Waals surface area contributed by atoms with E-state index in [0.717, 1.165) is 5.69 Å². The van der Waals surface area contributed by atoms with Crippen LogP contribution >= 0.6 is 7.95 Å². The van der Waals surface area contributed by atoms with Crippen molar-refractivity contribution in [3.8, 4) is 0 Å². The van der Waals surface area contributed by atoms with Crippen LogP contribution in [0.3, 0.4) is 0 Å². The fourth-order valence-electron chi connectivity index (χ4n) is 1.45. The summed E-state index contributed by atoms with van der Waals surface area (Å²) in [5, 5.41) is 0. The number of benzene rings is 1. The molecule has 0 aliphatic heterocycles. The first-order valence-electron chi connectivity index (χ1n) is 4.58. The first-order valence-corrected chi connectivity index (χ1v) is 6.24. The van der Waals surface area contributed by atoms with Gasteiger partial charge in [-0.2, -0.15) is 4.67 Å². The second kappa shape index (κ2) is 4.43. The largest absolute Gasteiger partial charge is 0.459 e. The van der Waals surface area contributed by atoms with Crippen molar-refractivity contribution in [2.24, 2.45) is 0 Å². The highest BCUT2D eigenvalue weighted by Crippen LogP contribution is 2.35. The van der Waals surface area contributed by atoms with E-state index in [9.17, 15) is 4.57 Å². The molecule has 0 bridgehead atoms. The van der Waals surface area contributed by atoms with Gasteiger partial charge >= 0.3 is 7.95 Å². The van der Waals surface area contributed by atoms with Gasteiger partial charge in [0.1, 0.15) is 5.69 Å². The Bertz CT molecular complexity index is 339. The minimum atomic E-state index is -1.39. The summed E-state index contributed by atoms with van der Waals surface area (Å²) in [5.74, 6) is 0. The van der Waals surface area contributed by atoms with Crippen molar-refractivity contribution >= 4 is 19.3 Å². The fourth-order valence-corrected chi connectivity index (χ4v) is 2.59. The number of anilines is 2. The quantitative estimate of drug-likeness (QED) is 0.617. The molecule has 1 aromatic carbocycles. The lowest BCUT2D eigenvalue weighted by Gasteiger charge is -2.17. The lowest BCUT2D eigenvalue weighted by molar-refractivity contribution is 0.584. The molecule has 2 N–H and O–H groups in total. The van der Waals surface area contributed by atoms with Crippen molar-refractivity contribution in [2.45, 2.75) is 19.9 Å². The zero-order valence-electron chi connectivity index (χ0n) is 8.77. The van der Waals surface area contributed by atoms with Crippen LogP contribution in [0.25, 0.3) is 0 Å². The summed E-state index contributed by atoms with van der Waals surface area (Å²) in [5.41, 5.74) is 7.35. The molecule has 0 amide bonds. The number of nitrogen functional groups attached to an aromatic ring is 1. The third-order valence-corrected chi connectivity index (χ3v) is 3.26. The molecule has 1 rings (SSSR count). The molecule has 0 aromatic heterocycles. The molecule has 4 heteroatoms. The Morgan fingerprint density at radius 1 is 1.36 bits per heavy atom. The van der Waals surface area contributed by atoms with Crippen molar-refractivity contribution in [3.63, 3.8) is 0 Å². The summed E-state index contributed by atoms with van der Waals surface area (Å²) in [6.07, 6.45) is 0. The van der Waals surface area contributed by atoms with E-state index in [-0.39, 0.29) is 6.04 Å². The number of hydrogen-bond donors (Lipinski definition) is 1. The summed E-state index contributed by atoms with van der Waals surface area (Å²) in [6, 6.07) is 7.68. The number of nitrogens with two attached hydrogens (primary N) is 1. The number of rotatable bonds is 3. The monoisotopic (exact) mass is 211 g/mol. The van der Waals surface area contributed by atoms with Crippen molar-refractivity contribution in [2.75, 3.05) is 17.1 Å². The molecular weight excluding hydrogens is 195 g/mol. The van der Waals surface area contributed by atoms with E-state index < -0.39 is 7.95 Å². The van der Waals surface area contributed by atoms with Gasteiger partial charge in [-0.25, -0.2) is 0 Å². The minimum absolute atomic E-state index is 0.188. The van der Waals surface area contributed by atoms with E-state index in [1.165, 1.54) is 0 Å². The Morgan fingerprint density at radius 3 is 2.36 bits per heavy atom. The Morgan fingerprint density at radius 2 is 1.93 bits per heavy atom. The van der Waals surface area contributed by atoms with E-state index in [1.54, 1.807) is 6.66 Å². The van der Waals surface area contributed by atoms with E-state index in [1.807, 2.05) is 42.8 Å². The van der Waals surface area contributed by atoms with E-state index in [2.05, 4.69) is 0 Å². The second-order valence-electron chi connectivity index (χ2n) is 3.46. The van der Waals surface area contributed by atoms with Crippen molar-refractivity contribution in [1.29, 1.82) is 0 Å².